The molecule has 3 N–H and O–H groups in total. The molecule has 1 saturated heterocycles. The van der Waals surface area contributed by atoms with Gasteiger partial charge in [0.05, 0.1) is 48.1 Å². The highest BCUT2D eigenvalue weighted by Crippen LogP contribution is 2.30. The lowest BCUT2D eigenvalue weighted by atomic mass is 10.1. The summed E-state index contributed by atoms with van der Waals surface area (Å²) in [6.07, 6.45) is 2.91. The van der Waals surface area contributed by atoms with E-state index in [1.54, 1.807) is 16.6 Å². The van der Waals surface area contributed by atoms with Crippen LogP contribution in [0.4, 0.5) is 16.2 Å². The number of benzene rings is 1. The minimum atomic E-state index is -2.52. The van der Waals surface area contributed by atoms with Gasteiger partial charge in [0.2, 0.25) is 5.88 Å². The molecule has 46 heavy (non-hydrogen) atoms. The molecule has 0 aliphatic carbocycles. The molecule has 1 unspecified atom stereocenters. The molecule has 1 amide bonds. The molecule has 0 radical (unpaired) electrons. The smallest absolute Gasteiger partial charge is 0.410 e. The maximum atomic E-state index is 12.4. The van der Waals surface area contributed by atoms with Crippen molar-refractivity contribution in [2.75, 3.05) is 57.5 Å². The van der Waals surface area contributed by atoms with Crippen LogP contribution in [0.2, 0.25) is 0 Å². The van der Waals surface area contributed by atoms with E-state index in [4.69, 9.17) is 24.1 Å². The lowest BCUT2D eigenvalue weighted by molar-refractivity contribution is 0.0139. The average molecular weight is 639 g/mol. The lowest BCUT2D eigenvalue weighted by Crippen LogP contribution is -2.49. The number of hydrogen-bond acceptors (Lipinski definition) is 10. The van der Waals surface area contributed by atoms with Crippen molar-refractivity contribution in [3.05, 3.63) is 53.3 Å². The van der Waals surface area contributed by atoms with Gasteiger partial charge in [-0.1, -0.05) is 13.0 Å². The van der Waals surface area contributed by atoms with E-state index in [1.807, 2.05) is 32.9 Å². The first-order valence-corrected chi connectivity index (χ1v) is 15.6. The maximum Gasteiger partial charge on any atom is 0.410 e. The number of nitrogens with zero attached hydrogens (tertiary/aromatic N) is 5. The number of carbonyl (C=O) groups is 2. The third kappa shape index (κ3) is 9.59. The number of ether oxygens (including phenoxy) is 3. The SMILES string of the molecule is [2H]C([2H])([2H])c1cc(C(=O)OC)cc(-c2cnn(C)c2OCCCC(C)CNc2cc(CN3CCN(C(=O)OC(C)(C)C)CC3)ccc2N)n1. The minimum absolute atomic E-state index is 0.0825. The monoisotopic (exact) mass is 638 g/mol. The molecule has 12 nitrogen and oxygen atoms in total. The van der Waals surface area contributed by atoms with Crippen molar-refractivity contribution in [3.8, 4) is 17.1 Å². The van der Waals surface area contributed by atoms with Crippen molar-refractivity contribution in [1.29, 1.82) is 0 Å². The lowest BCUT2D eigenvalue weighted by Gasteiger charge is -2.35. The third-order valence-electron chi connectivity index (χ3n) is 7.68. The van der Waals surface area contributed by atoms with Gasteiger partial charge in [0, 0.05) is 56.1 Å². The van der Waals surface area contributed by atoms with Crippen molar-refractivity contribution in [2.45, 2.75) is 59.5 Å². The standard InChI is InChI=1S/C34H49N7O5/c1-23(9-8-16-45-31-27(21-37-39(31)6)29-19-26(32(42)44-7)17-24(2)38-29)20-36-30-18-25(10-11-28(30)35)22-40-12-14-41(15-13-40)33(43)46-34(3,4)5/h10-11,17-19,21,23,36H,8-9,12-16,20,22,35H2,1-7H3/i2D3. The van der Waals surface area contributed by atoms with Crippen molar-refractivity contribution in [2.24, 2.45) is 13.0 Å². The Bertz CT molecular complexity index is 1600. The number of rotatable bonds is 12. The van der Waals surface area contributed by atoms with Crippen LogP contribution >= 0.6 is 0 Å². The molecule has 12 heteroatoms. The molecular formula is C34H49N7O5. The number of anilines is 2. The van der Waals surface area contributed by atoms with Gasteiger partial charge in [-0.15, -0.1) is 0 Å². The van der Waals surface area contributed by atoms with Gasteiger partial charge in [0.1, 0.15) is 5.60 Å². The Morgan fingerprint density at radius 2 is 1.91 bits per heavy atom. The van der Waals surface area contributed by atoms with E-state index in [1.165, 1.54) is 25.4 Å². The van der Waals surface area contributed by atoms with Gasteiger partial charge in [0.25, 0.3) is 0 Å². The molecule has 3 heterocycles. The summed E-state index contributed by atoms with van der Waals surface area (Å²) >= 11 is 0. The van der Waals surface area contributed by atoms with Crippen LogP contribution < -0.4 is 15.8 Å². The first-order valence-electron chi connectivity index (χ1n) is 17.1. The molecular weight excluding hydrogens is 586 g/mol. The van der Waals surface area contributed by atoms with E-state index in [0.29, 0.717) is 42.7 Å². The van der Waals surface area contributed by atoms with Crippen LogP contribution in [-0.2, 0) is 23.1 Å². The number of nitrogens with two attached hydrogens (primary N) is 1. The van der Waals surface area contributed by atoms with Crippen LogP contribution in [0.1, 0.15) is 66.3 Å². The first-order chi connectivity index (χ1) is 23.0. The van der Waals surface area contributed by atoms with Gasteiger partial charge in [-0.25, -0.2) is 14.3 Å². The van der Waals surface area contributed by atoms with E-state index < -0.39 is 18.4 Å². The van der Waals surface area contributed by atoms with E-state index >= 15 is 0 Å². The second kappa shape index (κ2) is 15.3. The topological polar surface area (TPSA) is 137 Å². The van der Waals surface area contributed by atoms with Gasteiger partial charge in [-0.05, 0) is 76.2 Å². The molecule has 1 atom stereocenters. The summed E-state index contributed by atoms with van der Waals surface area (Å²) in [6.45, 7) is 9.95. The van der Waals surface area contributed by atoms with Crippen LogP contribution in [0.25, 0.3) is 11.3 Å². The van der Waals surface area contributed by atoms with Gasteiger partial charge >= 0.3 is 12.1 Å². The highest BCUT2D eigenvalue weighted by Gasteiger charge is 2.26. The third-order valence-corrected chi connectivity index (χ3v) is 7.68. The number of aryl methyl sites for hydroxylation is 2. The molecule has 250 valence electrons. The van der Waals surface area contributed by atoms with Gasteiger partial charge in [0.15, 0.2) is 0 Å². The number of nitrogen functional groups attached to an aromatic ring is 1. The van der Waals surface area contributed by atoms with Crippen molar-refractivity contribution in [3.63, 3.8) is 0 Å². The molecule has 0 bridgehead atoms. The Kier molecular flexibility index (Phi) is 10.1. The molecule has 1 aliphatic rings. The van der Waals surface area contributed by atoms with E-state index in [0.717, 1.165) is 50.3 Å². The van der Waals surface area contributed by atoms with E-state index in [2.05, 4.69) is 33.3 Å². The van der Waals surface area contributed by atoms with E-state index in [-0.39, 0.29) is 23.0 Å². The molecule has 1 aliphatic heterocycles. The number of esters is 1. The molecule has 0 saturated carbocycles. The number of methoxy groups -OCH3 is 1. The zero-order chi connectivity index (χ0) is 35.9. The van der Waals surface area contributed by atoms with Gasteiger partial charge < -0.3 is 30.2 Å². The summed E-state index contributed by atoms with van der Waals surface area (Å²) in [5, 5.41) is 7.78. The summed E-state index contributed by atoms with van der Waals surface area (Å²) < 4.78 is 41.4. The Labute approximate surface area is 276 Å². The quantitative estimate of drug-likeness (QED) is 0.156. The summed E-state index contributed by atoms with van der Waals surface area (Å²) in [4.78, 5) is 33.0. The summed E-state index contributed by atoms with van der Waals surface area (Å²) in [6, 6.07) is 8.76. The van der Waals surface area contributed by atoms with Gasteiger partial charge in [-0.3, -0.25) is 9.88 Å². The van der Waals surface area contributed by atoms with Crippen molar-refractivity contribution < 1.29 is 27.9 Å². The van der Waals surface area contributed by atoms with Crippen LogP contribution in [0, 0.1) is 12.8 Å². The normalized spacial score (nSPS) is 15.8. The highest BCUT2D eigenvalue weighted by molar-refractivity contribution is 5.90. The van der Waals surface area contributed by atoms with Crippen LogP contribution in [0.5, 0.6) is 5.88 Å². The van der Waals surface area contributed by atoms with Gasteiger partial charge in [-0.2, -0.15) is 5.10 Å². The Balaban J connectivity index is 1.27. The number of amides is 1. The minimum Gasteiger partial charge on any atom is -0.477 e. The maximum absolute atomic E-state index is 12.4. The fraction of sp³-hybridized carbons (Fsp3) is 0.529. The average Bonchev–Trinajstić information content (AvgIpc) is 3.41. The Hall–Kier alpha value is -4.32. The van der Waals surface area contributed by atoms with Crippen molar-refractivity contribution in [1.82, 2.24) is 24.6 Å². The zero-order valence-electron chi connectivity index (χ0n) is 30.8. The summed E-state index contributed by atoms with van der Waals surface area (Å²) in [5.74, 6) is 0.0817. The molecule has 1 aromatic carbocycles. The predicted octanol–water partition coefficient (Wildman–Crippen LogP) is 5.12. The van der Waals surface area contributed by atoms with Crippen LogP contribution in [0.15, 0.2) is 36.5 Å². The first kappa shape index (κ1) is 30.3. The predicted molar refractivity (Wildman–Crippen MR) is 179 cm³/mol. The molecule has 1 fully saturated rings. The largest absolute Gasteiger partial charge is 0.477 e. The molecule has 4 rings (SSSR count). The van der Waals surface area contributed by atoms with E-state index in [9.17, 15) is 9.59 Å². The molecule has 3 aromatic rings. The number of piperazine rings is 1. The Morgan fingerprint density at radius 1 is 1.15 bits per heavy atom. The number of carbonyl (C=O) groups excluding carboxylic acids is 2. The molecule has 2 aromatic heterocycles. The second-order valence-corrected chi connectivity index (χ2v) is 12.7. The highest BCUT2D eigenvalue weighted by atomic mass is 16.6. The number of nitrogens with one attached hydrogen (secondary N) is 1. The Morgan fingerprint density at radius 3 is 2.61 bits per heavy atom. The zero-order valence-corrected chi connectivity index (χ0v) is 27.8. The number of aromatic nitrogens is 3. The fourth-order valence-corrected chi connectivity index (χ4v) is 5.19. The van der Waals surface area contributed by atoms with Crippen molar-refractivity contribution >= 4 is 23.4 Å². The summed E-state index contributed by atoms with van der Waals surface area (Å²) in [5.41, 5.74) is 9.13. The number of hydrogen-bond donors (Lipinski definition) is 2. The number of pyridine rings is 1. The fourth-order valence-electron chi connectivity index (χ4n) is 5.19. The second-order valence-electron chi connectivity index (χ2n) is 12.7. The summed E-state index contributed by atoms with van der Waals surface area (Å²) in [7, 11) is 2.96. The van der Waals surface area contributed by atoms with Crippen LogP contribution in [-0.4, -0.2) is 88.7 Å². The van der Waals surface area contributed by atoms with Crippen LogP contribution in [0.3, 0.4) is 0 Å². The molecule has 0 spiro atoms.